The molecule has 0 bridgehead atoms. The van der Waals surface area contributed by atoms with Gasteiger partial charge in [-0.05, 0) is 26.3 Å². The van der Waals surface area contributed by atoms with Crippen LogP contribution in [0.5, 0.6) is 0 Å². The zero-order chi connectivity index (χ0) is 12.8. The van der Waals surface area contributed by atoms with Crippen LogP contribution < -0.4 is 5.32 Å². The first-order chi connectivity index (χ1) is 8.80. The summed E-state index contributed by atoms with van der Waals surface area (Å²) in [7, 11) is 0. The second-order valence-corrected chi connectivity index (χ2v) is 6.02. The van der Waals surface area contributed by atoms with Crippen molar-refractivity contribution in [1.29, 1.82) is 0 Å². The first-order valence-corrected chi connectivity index (χ1v) is 7.92. The number of aromatic nitrogens is 1. The molecule has 1 aliphatic rings. The van der Waals surface area contributed by atoms with Crippen LogP contribution in [0.1, 0.15) is 55.8 Å². The molecule has 0 aromatic carbocycles. The van der Waals surface area contributed by atoms with Gasteiger partial charge in [-0.15, -0.1) is 11.3 Å². The van der Waals surface area contributed by atoms with Gasteiger partial charge in [-0.1, -0.05) is 26.2 Å². The Kier molecular flexibility index (Phi) is 5.15. The molecule has 0 amide bonds. The molecule has 4 heteroatoms. The van der Waals surface area contributed by atoms with E-state index in [0.29, 0.717) is 0 Å². The smallest absolute Gasteiger partial charge is 0.125 e. The quantitative estimate of drug-likeness (QED) is 0.858. The minimum atomic E-state index is -0.0812. The van der Waals surface area contributed by atoms with Gasteiger partial charge >= 0.3 is 0 Å². The molecule has 0 radical (unpaired) electrons. The number of hydrogen-bond acceptors (Lipinski definition) is 4. The molecule has 1 aliphatic carbocycles. The third kappa shape index (κ3) is 3.11. The molecule has 0 aliphatic heterocycles. The van der Waals surface area contributed by atoms with Gasteiger partial charge in [-0.25, -0.2) is 4.98 Å². The number of rotatable bonds is 6. The molecular formula is C14H24N2OS. The van der Waals surface area contributed by atoms with Crippen LogP contribution in [-0.2, 0) is 16.9 Å². The van der Waals surface area contributed by atoms with Crippen molar-refractivity contribution in [3.63, 3.8) is 0 Å². The summed E-state index contributed by atoms with van der Waals surface area (Å²) < 4.78 is 6.10. The Morgan fingerprint density at radius 1 is 1.33 bits per heavy atom. The van der Waals surface area contributed by atoms with E-state index >= 15 is 0 Å². The van der Waals surface area contributed by atoms with E-state index in [4.69, 9.17) is 4.74 Å². The van der Waals surface area contributed by atoms with E-state index in [2.05, 4.69) is 24.1 Å². The van der Waals surface area contributed by atoms with Crippen molar-refractivity contribution in [3.8, 4) is 0 Å². The van der Waals surface area contributed by atoms with E-state index in [0.717, 1.165) is 32.5 Å². The van der Waals surface area contributed by atoms with E-state index in [1.54, 1.807) is 0 Å². The Bertz CT molecular complexity index is 353. The maximum Gasteiger partial charge on any atom is 0.125 e. The Labute approximate surface area is 114 Å². The van der Waals surface area contributed by atoms with Crippen LogP contribution in [0.4, 0.5) is 0 Å². The van der Waals surface area contributed by atoms with Crippen molar-refractivity contribution in [2.45, 2.75) is 58.1 Å². The topological polar surface area (TPSA) is 34.2 Å². The molecule has 3 nitrogen and oxygen atoms in total. The molecule has 0 spiro atoms. The van der Waals surface area contributed by atoms with Crippen LogP contribution in [0.25, 0.3) is 0 Å². The average Bonchev–Trinajstić information content (AvgIpc) is 2.87. The van der Waals surface area contributed by atoms with Crippen LogP contribution in [0.15, 0.2) is 6.20 Å². The van der Waals surface area contributed by atoms with Gasteiger partial charge in [0, 0.05) is 24.2 Å². The molecule has 18 heavy (non-hydrogen) atoms. The molecule has 1 fully saturated rings. The average molecular weight is 268 g/mol. The lowest BCUT2D eigenvalue weighted by molar-refractivity contribution is -0.0704. The molecule has 102 valence electrons. The number of thiazole rings is 1. The van der Waals surface area contributed by atoms with Gasteiger partial charge in [-0.3, -0.25) is 0 Å². The van der Waals surface area contributed by atoms with Gasteiger partial charge in [0.25, 0.3) is 0 Å². The number of hydrogen-bond donors (Lipinski definition) is 1. The summed E-state index contributed by atoms with van der Waals surface area (Å²) in [4.78, 5) is 5.95. The number of ether oxygens (including phenoxy) is 1. The van der Waals surface area contributed by atoms with Gasteiger partial charge < -0.3 is 10.1 Å². The van der Waals surface area contributed by atoms with Gasteiger partial charge in [0.1, 0.15) is 10.6 Å². The molecule has 1 N–H and O–H groups in total. The Morgan fingerprint density at radius 2 is 2.11 bits per heavy atom. The van der Waals surface area contributed by atoms with E-state index in [1.807, 2.05) is 17.5 Å². The predicted molar refractivity (Wildman–Crippen MR) is 75.9 cm³/mol. The summed E-state index contributed by atoms with van der Waals surface area (Å²) in [6.07, 6.45) is 8.15. The Balaban J connectivity index is 2.12. The molecule has 1 saturated carbocycles. The lowest BCUT2D eigenvalue weighted by Gasteiger charge is -2.35. The molecule has 2 rings (SSSR count). The van der Waals surface area contributed by atoms with Crippen molar-refractivity contribution in [2.24, 2.45) is 0 Å². The maximum absolute atomic E-state index is 6.10. The second kappa shape index (κ2) is 6.64. The zero-order valence-corrected chi connectivity index (χ0v) is 12.3. The molecule has 1 aromatic rings. The fourth-order valence-electron chi connectivity index (χ4n) is 2.67. The lowest BCUT2D eigenvalue weighted by atomic mass is 9.85. The van der Waals surface area contributed by atoms with Crippen LogP contribution >= 0.6 is 11.3 Å². The van der Waals surface area contributed by atoms with Crippen molar-refractivity contribution in [2.75, 3.05) is 13.2 Å². The molecule has 0 saturated heterocycles. The molecule has 1 heterocycles. The highest BCUT2D eigenvalue weighted by Crippen LogP contribution is 2.42. The van der Waals surface area contributed by atoms with Gasteiger partial charge in [0.05, 0.1) is 0 Å². The van der Waals surface area contributed by atoms with Crippen molar-refractivity contribution in [1.82, 2.24) is 10.3 Å². The molecule has 0 atom stereocenters. The Morgan fingerprint density at radius 3 is 2.78 bits per heavy atom. The molecule has 0 unspecified atom stereocenters. The second-order valence-electron chi connectivity index (χ2n) is 4.90. The first kappa shape index (κ1) is 14.0. The summed E-state index contributed by atoms with van der Waals surface area (Å²) in [5.74, 6) is 0. The molecular weight excluding hydrogens is 244 g/mol. The number of nitrogens with zero attached hydrogens (tertiary/aromatic N) is 1. The van der Waals surface area contributed by atoms with Crippen molar-refractivity contribution < 1.29 is 4.74 Å². The van der Waals surface area contributed by atoms with E-state index in [1.165, 1.54) is 29.1 Å². The highest BCUT2D eigenvalue weighted by atomic mass is 32.1. The van der Waals surface area contributed by atoms with Gasteiger partial charge in [0.15, 0.2) is 0 Å². The Hall–Kier alpha value is -0.450. The van der Waals surface area contributed by atoms with E-state index in [-0.39, 0.29) is 5.60 Å². The van der Waals surface area contributed by atoms with Gasteiger partial charge in [0.2, 0.25) is 0 Å². The SMILES string of the molecule is CCNCc1cnc(C2(OCC)CCCCC2)s1. The first-order valence-electron chi connectivity index (χ1n) is 7.10. The minimum Gasteiger partial charge on any atom is -0.368 e. The lowest BCUT2D eigenvalue weighted by Crippen LogP contribution is -2.32. The van der Waals surface area contributed by atoms with Crippen molar-refractivity contribution >= 4 is 11.3 Å². The minimum absolute atomic E-state index is 0.0812. The normalized spacial score (nSPS) is 19.0. The van der Waals surface area contributed by atoms with Gasteiger partial charge in [-0.2, -0.15) is 0 Å². The van der Waals surface area contributed by atoms with E-state index in [9.17, 15) is 0 Å². The monoisotopic (exact) mass is 268 g/mol. The van der Waals surface area contributed by atoms with E-state index < -0.39 is 0 Å². The zero-order valence-electron chi connectivity index (χ0n) is 11.5. The highest BCUT2D eigenvalue weighted by Gasteiger charge is 2.37. The third-order valence-electron chi connectivity index (χ3n) is 3.57. The fourth-order valence-corrected chi connectivity index (χ4v) is 3.75. The summed E-state index contributed by atoms with van der Waals surface area (Å²) in [5, 5.41) is 4.55. The molecule has 1 aromatic heterocycles. The van der Waals surface area contributed by atoms with Crippen molar-refractivity contribution in [3.05, 3.63) is 16.1 Å². The summed E-state index contributed by atoms with van der Waals surface area (Å²) in [5.41, 5.74) is -0.0812. The summed E-state index contributed by atoms with van der Waals surface area (Å²) in [6.45, 7) is 6.93. The third-order valence-corrected chi connectivity index (χ3v) is 4.76. The fraction of sp³-hybridized carbons (Fsp3) is 0.786. The highest BCUT2D eigenvalue weighted by molar-refractivity contribution is 7.11. The predicted octanol–water partition coefficient (Wildman–Crippen LogP) is 3.45. The van der Waals surface area contributed by atoms with Crippen LogP contribution in [-0.4, -0.2) is 18.1 Å². The standard InChI is InChI=1S/C14H24N2OS/c1-3-15-10-12-11-16-13(18-12)14(17-4-2)8-6-5-7-9-14/h11,15H,3-10H2,1-2H3. The van der Waals surface area contributed by atoms with Crippen LogP contribution in [0.3, 0.4) is 0 Å². The largest absolute Gasteiger partial charge is 0.368 e. The summed E-state index contributed by atoms with van der Waals surface area (Å²) >= 11 is 1.82. The van der Waals surface area contributed by atoms with Crippen LogP contribution in [0.2, 0.25) is 0 Å². The number of nitrogens with one attached hydrogen (secondary N) is 1. The maximum atomic E-state index is 6.10. The van der Waals surface area contributed by atoms with Crippen LogP contribution in [0, 0.1) is 0 Å². The summed E-state index contributed by atoms with van der Waals surface area (Å²) in [6, 6.07) is 0.